The Balaban J connectivity index is 1.85. The first-order valence-corrected chi connectivity index (χ1v) is 9.75. The zero-order chi connectivity index (χ0) is 16.2. The van der Waals surface area contributed by atoms with Crippen LogP contribution in [0.2, 0.25) is 0 Å². The summed E-state index contributed by atoms with van der Waals surface area (Å²) in [6.45, 7) is 2.33. The van der Waals surface area contributed by atoms with E-state index in [4.69, 9.17) is 4.74 Å². The number of carbonyl (C=O) groups is 1. The molecular weight excluding hydrogens is 376 g/mol. The third-order valence-electron chi connectivity index (χ3n) is 4.54. The van der Waals surface area contributed by atoms with E-state index in [1.807, 2.05) is 25.6 Å². The monoisotopic (exact) mass is 396 g/mol. The number of rotatable bonds is 5. The van der Waals surface area contributed by atoms with Crippen molar-refractivity contribution >= 4 is 33.2 Å². The number of esters is 1. The number of thiophene rings is 1. The molecule has 0 bridgehead atoms. The van der Waals surface area contributed by atoms with Crippen molar-refractivity contribution in [3.63, 3.8) is 0 Å². The minimum Gasteiger partial charge on any atom is -0.466 e. The fraction of sp³-hybridized carbons (Fsp3) is 0.529. The highest BCUT2D eigenvalue weighted by molar-refractivity contribution is 9.10. The molecule has 1 aliphatic carbocycles. The quantitative estimate of drug-likeness (QED) is 0.689. The maximum absolute atomic E-state index is 12.2. The molecule has 0 aromatic carbocycles. The molecule has 2 aromatic heterocycles. The lowest BCUT2D eigenvalue weighted by atomic mass is 9.77. The molecule has 3 rings (SSSR count). The van der Waals surface area contributed by atoms with Crippen LogP contribution in [0.1, 0.15) is 43.5 Å². The Morgan fingerprint density at radius 1 is 1.57 bits per heavy atom. The molecule has 0 amide bonds. The summed E-state index contributed by atoms with van der Waals surface area (Å²) >= 11 is 5.43. The lowest BCUT2D eigenvalue weighted by Crippen LogP contribution is -2.30. The Hall–Kier alpha value is -1.14. The van der Waals surface area contributed by atoms with Crippen LogP contribution in [0, 0.1) is 11.8 Å². The van der Waals surface area contributed by atoms with Gasteiger partial charge >= 0.3 is 5.97 Å². The van der Waals surface area contributed by atoms with E-state index in [1.165, 1.54) is 4.88 Å². The van der Waals surface area contributed by atoms with Crippen molar-refractivity contribution in [1.82, 2.24) is 9.55 Å². The van der Waals surface area contributed by atoms with Gasteiger partial charge in [-0.2, -0.15) is 0 Å². The summed E-state index contributed by atoms with van der Waals surface area (Å²) in [5.74, 6) is 0.410. The third-order valence-corrected chi connectivity index (χ3v) is 6.48. The van der Waals surface area contributed by atoms with Crippen molar-refractivity contribution in [2.24, 2.45) is 11.8 Å². The number of carbonyl (C=O) groups excluding carboxylic acids is 1. The predicted octanol–water partition coefficient (Wildman–Crippen LogP) is 4.67. The van der Waals surface area contributed by atoms with Crippen LogP contribution in [0.4, 0.5) is 0 Å². The van der Waals surface area contributed by atoms with Gasteiger partial charge in [0.1, 0.15) is 0 Å². The lowest BCUT2D eigenvalue weighted by molar-refractivity contribution is -0.149. The van der Waals surface area contributed by atoms with Crippen LogP contribution in [0.3, 0.4) is 0 Å². The largest absolute Gasteiger partial charge is 0.466 e. The summed E-state index contributed by atoms with van der Waals surface area (Å²) in [4.78, 5) is 17.7. The molecule has 1 aliphatic rings. The topological polar surface area (TPSA) is 44.1 Å². The van der Waals surface area contributed by atoms with E-state index in [9.17, 15) is 4.79 Å². The van der Waals surface area contributed by atoms with Crippen LogP contribution in [-0.4, -0.2) is 22.1 Å². The number of aromatic nitrogens is 2. The van der Waals surface area contributed by atoms with Gasteiger partial charge in [-0.1, -0.05) is 6.42 Å². The zero-order valence-corrected chi connectivity index (χ0v) is 15.6. The van der Waals surface area contributed by atoms with Crippen LogP contribution in [0.15, 0.2) is 34.6 Å². The van der Waals surface area contributed by atoms with E-state index in [1.54, 1.807) is 11.3 Å². The van der Waals surface area contributed by atoms with Gasteiger partial charge in [0.2, 0.25) is 0 Å². The Kier molecular flexibility index (Phi) is 5.54. The smallest absolute Gasteiger partial charge is 0.308 e. The van der Waals surface area contributed by atoms with Gasteiger partial charge in [-0.05, 0) is 59.5 Å². The highest BCUT2D eigenvalue weighted by atomic mass is 79.9. The van der Waals surface area contributed by atoms with Gasteiger partial charge in [0.15, 0.2) is 0 Å². The summed E-state index contributed by atoms with van der Waals surface area (Å²) in [6, 6.07) is 2.32. The van der Waals surface area contributed by atoms with E-state index in [0.717, 1.165) is 30.2 Å². The van der Waals surface area contributed by atoms with Gasteiger partial charge in [-0.15, -0.1) is 11.3 Å². The van der Waals surface area contributed by atoms with Gasteiger partial charge in [0, 0.05) is 21.7 Å². The molecule has 6 heteroatoms. The van der Waals surface area contributed by atoms with E-state index in [-0.39, 0.29) is 17.9 Å². The summed E-state index contributed by atoms with van der Waals surface area (Å²) in [7, 11) is 0. The van der Waals surface area contributed by atoms with Gasteiger partial charge in [0.25, 0.3) is 0 Å². The minimum atomic E-state index is -0.0353. The summed E-state index contributed by atoms with van der Waals surface area (Å²) in [5.41, 5.74) is 0. The van der Waals surface area contributed by atoms with Crippen LogP contribution >= 0.6 is 27.3 Å². The van der Waals surface area contributed by atoms with E-state index in [0.29, 0.717) is 12.5 Å². The van der Waals surface area contributed by atoms with E-state index >= 15 is 0 Å². The van der Waals surface area contributed by atoms with Gasteiger partial charge in [-0.25, -0.2) is 4.98 Å². The van der Waals surface area contributed by atoms with Gasteiger partial charge < -0.3 is 9.30 Å². The summed E-state index contributed by atoms with van der Waals surface area (Å²) < 4.78 is 8.56. The molecule has 3 unspecified atom stereocenters. The fourth-order valence-electron chi connectivity index (χ4n) is 3.53. The first-order chi connectivity index (χ1) is 11.2. The number of hydrogen-bond acceptors (Lipinski definition) is 4. The first-order valence-electron chi connectivity index (χ1n) is 8.07. The average molecular weight is 397 g/mol. The third kappa shape index (κ3) is 3.69. The second-order valence-electron chi connectivity index (χ2n) is 5.96. The number of ether oxygens (including phenoxy) is 1. The normalized spacial score (nSPS) is 22.7. The van der Waals surface area contributed by atoms with Crippen LogP contribution < -0.4 is 0 Å². The van der Waals surface area contributed by atoms with Crippen LogP contribution in [0.5, 0.6) is 0 Å². The van der Waals surface area contributed by atoms with Crippen molar-refractivity contribution in [3.05, 3.63) is 39.5 Å². The molecule has 2 heterocycles. The van der Waals surface area contributed by atoms with E-state index in [2.05, 4.69) is 36.9 Å². The van der Waals surface area contributed by atoms with Crippen LogP contribution in [0.25, 0.3) is 0 Å². The summed E-state index contributed by atoms with van der Waals surface area (Å²) in [6.07, 6.45) is 9.74. The average Bonchev–Trinajstić information content (AvgIpc) is 3.21. The van der Waals surface area contributed by atoms with Crippen LogP contribution in [-0.2, 0) is 9.53 Å². The Bertz CT molecular complexity index is 641. The molecule has 0 saturated heterocycles. The second kappa shape index (κ2) is 7.62. The maximum atomic E-state index is 12.2. The number of halogens is 1. The molecule has 1 fully saturated rings. The second-order valence-corrected chi connectivity index (χ2v) is 7.77. The zero-order valence-electron chi connectivity index (χ0n) is 13.2. The highest BCUT2D eigenvalue weighted by Gasteiger charge is 2.35. The molecule has 124 valence electrons. The van der Waals surface area contributed by atoms with E-state index < -0.39 is 0 Å². The molecule has 0 radical (unpaired) electrons. The standard InChI is InChI=1S/C17H21BrN2O2S/c1-2-22-17(21)13-5-3-4-12(10-13)15(20-8-7-19-11-20)16-14(18)6-9-23-16/h6-9,11-13,15H,2-5,10H2,1H3. The predicted molar refractivity (Wildman–Crippen MR) is 94.5 cm³/mol. The molecule has 1 saturated carbocycles. The molecule has 2 aromatic rings. The lowest BCUT2D eigenvalue weighted by Gasteiger charge is -2.34. The molecule has 3 atom stereocenters. The number of hydrogen-bond donors (Lipinski definition) is 0. The Morgan fingerprint density at radius 2 is 2.43 bits per heavy atom. The Morgan fingerprint density at radius 3 is 3.09 bits per heavy atom. The van der Waals surface area contributed by atoms with Gasteiger partial charge in [-0.3, -0.25) is 4.79 Å². The maximum Gasteiger partial charge on any atom is 0.308 e. The number of nitrogens with zero attached hydrogens (tertiary/aromatic N) is 2. The summed E-state index contributed by atoms with van der Waals surface area (Å²) in [5, 5.41) is 2.11. The highest BCUT2D eigenvalue weighted by Crippen LogP contribution is 2.43. The molecule has 0 spiro atoms. The SMILES string of the molecule is CCOC(=O)C1CCCC(C(c2sccc2Br)n2ccnc2)C1. The molecule has 0 N–H and O–H groups in total. The fourth-order valence-corrected chi connectivity index (χ4v) is 5.34. The van der Waals surface area contributed by atoms with Crippen molar-refractivity contribution in [2.45, 2.75) is 38.6 Å². The number of imidazole rings is 1. The van der Waals surface area contributed by atoms with Crippen molar-refractivity contribution in [2.75, 3.05) is 6.61 Å². The Labute approximate surface area is 149 Å². The first kappa shape index (κ1) is 16.7. The van der Waals surface area contributed by atoms with Gasteiger partial charge in [0.05, 0.1) is 24.9 Å². The molecular formula is C17H21BrN2O2S. The molecule has 0 aliphatic heterocycles. The van der Waals surface area contributed by atoms with Crippen molar-refractivity contribution in [1.29, 1.82) is 0 Å². The molecule has 23 heavy (non-hydrogen) atoms. The minimum absolute atomic E-state index is 0.0264. The van der Waals surface area contributed by atoms with Crippen molar-refractivity contribution < 1.29 is 9.53 Å². The molecule has 4 nitrogen and oxygen atoms in total. The van der Waals surface area contributed by atoms with Crippen molar-refractivity contribution in [3.8, 4) is 0 Å².